The molecule has 0 N–H and O–H groups in total. The number of hydrogen-bond acceptors (Lipinski definition) is 6. The van der Waals surface area contributed by atoms with E-state index in [2.05, 4.69) is 280 Å². The summed E-state index contributed by atoms with van der Waals surface area (Å²) in [5.41, 5.74) is 21.8. The summed E-state index contributed by atoms with van der Waals surface area (Å²) >= 11 is 0. The Bertz CT molecular complexity index is 5220. The second kappa shape index (κ2) is 18.3. The number of hydrogen-bond donors (Lipinski definition) is 0. The molecule has 0 saturated heterocycles. The minimum Gasteiger partial charge on any atom is -0.456 e. The molecule has 0 bridgehead atoms. The van der Waals surface area contributed by atoms with Crippen LogP contribution in [0.1, 0.15) is 22.3 Å². The second-order valence-corrected chi connectivity index (χ2v) is 22.5. The molecule has 84 heavy (non-hydrogen) atoms. The van der Waals surface area contributed by atoms with Crippen LogP contribution in [-0.2, 0) is 0 Å². The Morgan fingerprint density at radius 2 is 0.643 bits per heavy atom. The van der Waals surface area contributed by atoms with Crippen LogP contribution in [0, 0.1) is 27.7 Å². The molecule has 0 atom stereocenters. The molecular formula is C78H52N2O4. The molecule has 0 radical (unpaired) electrons. The van der Waals surface area contributed by atoms with Crippen molar-refractivity contribution in [3.05, 3.63) is 265 Å². The Balaban J connectivity index is 0.784. The Morgan fingerprint density at radius 3 is 1.07 bits per heavy atom. The summed E-state index contributed by atoms with van der Waals surface area (Å²) < 4.78 is 28.1. The molecule has 17 rings (SSSR count). The first-order valence-electron chi connectivity index (χ1n) is 28.7. The van der Waals surface area contributed by atoms with Gasteiger partial charge in [0, 0.05) is 88.1 Å². The molecule has 13 aromatic carbocycles. The minimum absolute atomic E-state index is 0.833. The van der Waals surface area contributed by atoms with E-state index in [9.17, 15) is 0 Å². The highest BCUT2D eigenvalue weighted by Gasteiger charge is 2.27. The van der Waals surface area contributed by atoms with Crippen molar-refractivity contribution in [3.8, 4) is 22.3 Å². The Morgan fingerprint density at radius 1 is 0.262 bits per heavy atom. The summed E-state index contributed by atoms with van der Waals surface area (Å²) in [5, 5.41) is 13.0. The van der Waals surface area contributed by atoms with Crippen LogP contribution in [0.2, 0.25) is 0 Å². The van der Waals surface area contributed by atoms with Gasteiger partial charge in [0.2, 0.25) is 0 Å². The van der Waals surface area contributed by atoms with Crippen molar-refractivity contribution in [1.29, 1.82) is 0 Å². The van der Waals surface area contributed by atoms with Gasteiger partial charge in [-0.25, -0.2) is 0 Å². The van der Waals surface area contributed by atoms with Crippen LogP contribution >= 0.6 is 0 Å². The second-order valence-electron chi connectivity index (χ2n) is 22.5. The first-order valence-corrected chi connectivity index (χ1v) is 28.7. The number of aryl methyl sites for hydroxylation is 4. The number of benzene rings is 13. The van der Waals surface area contributed by atoms with Crippen molar-refractivity contribution < 1.29 is 17.7 Å². The summed E-state index contributed by atoms with van der Waals surface area (Å²) in [6.45, 7) is 8.69. The molecule has 0 spiro atoms. The third-order valence-corrected chi connectivity index (χ3v) is 17.6. The molecule has 4 heterocycles. The Hall–Kier alpha value is -10.8. The van der Waals surface area contributed by atoms with E-state index in [1.807, 2.05) is 0 Å². The lowest BCUT2D eigenvalue weighted by atomic mass is 9.97. The molecule has 0 aliphatic heterocycles. The van der Waals surface area contributed by atoms with Crippen LogP contribution in [-0.4, -0.2) is 0 Å². The number of furan rings is 4. The predicted octanol–water partition coefficient (Wildman–Crippen LogP) is 23.1. The molecule has 0 fully saturated rings. The minimum atomic E-state index is 0.833. The van der Waals surface area contributed by atoms with E-state index in [1.54, 1.807) is 0 Å². The third-order valence-electron chi connectivity index (χ3n) is 17.6. The molecule has 0 amide bonds. The van der Waals surface area contributed by atoms with Crippen molar-refractivity contribution in [2.45, 2.75) is 27.7 Å². The lowest BCUT2D eigenvalue weighted by molar-refractivity contribution is 0.660. The standard InChI is InChI=1S/C78H52N2O4/c1-45-19-11-13-31-65(45)79(67-33-17-29-61-59-27-15-25-57(75(59)83-77(61)67)49-21-7-5-8-22-49)55-37-35-51-41-63-69(43-53(51)39-55)81-73-48(4)72-64-42-52-36-38-56(40-54(52)44-70(64)82-74(72)47(3)71(63)73)80(66-32-14-12-20-46(66)2)68-34-18-30-62-60-28-16-26-58(76(60)84-78(62)68)50-23-9-6-10-24-50/h5-44H,1-4H3. The molecule has 0 saturated carbocycles. The van der Waals surface area contributed by atoms with E-state index < -0.39 is 0 Å². The largest absolute Gasteiger partial charge is 0.456 e. The number of anilines is 6. The van der Waals surface area contributed by atoms with Gasteiger partial charge in [0.15, 0.2) is 11.2 Å². The monoisotopic (exact) mass is 1080 g/mol. The van der Waals surface area contributed by atoms with Gasteiger partial charge in [-0.1, -0.05) is 170 Å². The highest BCUT2D eigenvalue weighted by Crippen LogP contribution is 2.50. The SMILES string of the molecule is Cc1ccccc1N(c1ccc2cc3c(cc2c1)oc1c(C)c2c(oc4cc5cc(N(c6ccccc6C)c6cccc7c6oc6c(-c8ccccc8)cccc67)ccc5cc42)c(C)c13)c1cccc2c1oc1c(-c3ccccc3)cccc12. The van der Waals surface area contributed by atoms with Crippen LogP contribution in [0.25, 0.3) is 132 Å². The summed E-state index contributed by atoms with van der Waals surface area (Å²) in [6, 6.07) is 86.4. The molecule has 4 aromatic heterocycles. The normalized spacial score (nSPS) is 12.0. The van der Waals surface area contributed by atoms with Gasteiger partial charge < -0.3 is 27.5 Å². The summed E-state index contributed by atoms with van der Waals surface area (Å²) in [7, 11) is 0. The smallest absolute Gasteiger partial charge is 0.159 e. The van der Waals surface area contributed by atoms with Gasteiger partial charge in [-0.15, -0.1) is 0 Å². The Labute approximate surface area is 483 Å². The average molecular weight is 1080 g/mol. The quantitative estimate of drug-likeness (QED) is 0.151. The fraction of sp³-hybridized carbons (Fsp3) is 0.0513. The average Bonchev–Trinajstić information content (AvgIpc) is 2.22. The van der Waals surface area contributed by atoms with E-state index in [1.165, 1.54) is 0 Å². The molecule has 6 heteroatoms. The van der Waals surface area contributed by atoms with Gasteiger partial charge in [-0.05, 0) is 144 Å². The van der Waals surface area contributed by atoms with E-state index in [0.717, 1.165) is 188 Å². The molecule has 6 nitrogen and oxygen atoms in total. The van der Waals surface area contributed by atoms with Gasteiger partial charge in [0.25, 0.3) is 0 Å². The molecule has 0 aliphatic carbocycles. The van der Waals surface area contributed by atoms with E-state index in [0.29, 0.717) is 0 Å². The molecule has 0 aliphatic rings. The third kappa shape index (κ3) is 7.17. The van der Waals surface area contributed by atoms with Crippen molar-refractivity contribution in [2.24, 2.45) is 0 Å². The maximum Gasteiger partial charge on any atom is 0.159 e. The topological polar surface area (TPSA) is 59.0 Å². The lowest BCUT2D eigenvalue weighted by Crippen LogP contribution is -2.11. The number of fused-ring (bicyclic) bond motifs is 14. The maximum absolute atomic E-state index is 7.04. The van der Waals surface area contributed by atoms with E-state index in [4.69, 9.17) is 17.7 Å². The summed E-state index contributed by atoms with van der Waals surface area (Å²) in [4.78, 5) is 4.68. The Kier molecular flexibility index (Phi) is 10.5. The maximum atomic E-state index is 7.04. The zero-order chi connectivity index (χ0) is 55.9. The number of para-hydroxylation sites is 6. The van der Waals surface area contributed by atoms with Crippen LogP contribution < -0.4 is 9.80 Å². The van der Waals surface area contributed by atoms with Crippen molar-refractivity contribution in [3.63, 3.8) is 0 Å². The fourth-order valence-corrected chi connectivity index (χ4v) is 13.5. The molecule has 0 unspecified atom stereocenters. The van der Waals surface area contributed by atoms with Gasteiger partial charge in [0.1, 0.15) is 33.5 Å². The fourth-order valence-electron chi connectivity index (χ4n) is 13.5. The van der Waals surface area contributed by atoms with Gasteiger partial charge in [-0.3, -0.25) is 0 Å². The first kappa shape index (κ1) is 47.9. The van der Waals surface area contributed by atoms with Crippen molar-refractivity contribution in [2.75, 3.05) is 9.80 Å². The van der Waals surface area contributed by atoms with Gasteiger partial charge >= 0.3 is 0 Å². The van der Waals surface area contributed by atoms with Crippen LogP contribution in [0.4, 0.5) is 34.1 Å². The predicted molar refractivity (Wildman–Crippen MR) is 350 cm³/mol. The van der Waals surface area contributed by atoms with Crippen LogP contribution in [0.3, 0.4) is 0 Å². The van der Waals surface area contributed by atoms with Gasteiger partial charge in [0.05, 0.1) is 11.4 Å². The lowest BCUT2D eigenvalue weighted by Gasteiger charge is -2.27. The molecular weight excluding hydrogens is 1030 g/mol. The van der Waals surface area contributed by atoms with Crippen molar-refractivity contribution in [1.82, 2.24) is 0 Å². The van der Waals surface area contributed by atoms with E-state index in [-0.39, 0.29) is 0 Å². The number of rotatable bonds is 8. The molecule has 398 valence electrons. The zero-order valence-electron chi connectivity index (χ0n) is 46.6. The summed E-state index contributed by atoms with van der Waals surface area (Å²) in [6.07, 6.45) is 0. The van der Waals surface area contributed by atoms with Crippen LogP contribution in [0.15, 0.2) is 260 Å². The molecule has 17 aromatic rings. The van der Waals surface area contributed by atoms with Crippen molar-refractivity contribution >= 4 is 143 Å². The first-order chi connectivity index (χ1) is 41.3. The van der Waals surface area contributed by atoms with Gasteiger partial charge in [-0.2, -0.15) is 0 Å². The summed E-state index contributed by atoms with van der Waals surface area (Å²) in [5.74, 6) is 0. The number of nitrogens with zero attached hydrogens (tertiary/aromatic N) is 2. The highest BCUT2D eigenvalue weighted by atomic mass is 16.3. The highest BCUT2D eigenvalue weighted by molar-refractivity contribution is 6.22. The zero-order valence-corrected chi connectivity index (χ0v) is 46.6. The van der Waals surface area contributed by atoms with E-state index >= 15 is 0 Å². The van der Waals surface area contributed by atoms with Crippen LogP contribution in [0.5, 0.6) is 0 Å².